The predicted octanol–water partition coefficient (Wildman–Crippen LogP) is 5.01. The number of anilines is 1. The number of carbonyl (C=O) groups excluding carboxylic acids is 2. The highest BCUT2D eigenvalue weighted by molar-refractivity contribution is 7.89. The number of ketones is 1. The molecule has 3 aromatic carbocycles. The van der Waals surface area contributed by atoms with Gasteiger partial charge < -0.3 is 10.1 Å². The Kier molecular flexibility index (Phi) is 7.54. The van der Waals surface area contributed by atoms with E-state index >= 15 is 0 Å². The van der Waals surface area contributed by atoms with Gasteiger partial charge in [0.1, 0.15) is 5.75 Å². The Morgan fingerprint density at radius 1 is 0.914 bits per heavy atom. The molecule has 4 rings (SSSR count). The number of rotatable bonds is 7. The number of benzene rings is 3. The maximum absolute atomic E-state index is 13.3. The van der Waals surface area contributed by atoms with Gasteiger partial charge in [-0.2, -0.15) is 4.31 Å². The number of methoxy groups -OCH3 is 1. The summed E-state index contributed by atoms with van der Waals surface area (Å²) in [5.74, 6) is -0.705. The Morgan fingerprint density at radius 2 is 1.63 bits per heavy atom. The van der Waals surface area contributed by atoms with Crippen LogP contribution in [0.25, 0.3) is 0 Å². The molecular weight excluding hydrogens is 488 g/mol. The molecular formula is C26H25ClN2O5S. The molecule has 182 valence electrons. The molecule has 1 saturated heterocycles. The summed E-state index contributed by atoms with van der Waals surface area (Å²) in [7, 11) is -2.35. The summed E-state index contributed by atoms with van der Waals surface area (Å²) in [6, 6.07) is 17.4. The first-order valence-electron chi connectivity index (χ1n) is 11.2. The van der Waals surface area contributed by atoms with Crippen LogP contribution in [-0.2, 0) is 10.0 Å². The van der Waals surface area contributed by atoms with Gasteiger partial charge in [-0.3, -0.25) is 9.59 Å². The molecule has 0 radical (unpaired) electrons. The van der Waals surface area contributed by atoms with E-state index in [4.69, 9.17) is 16.3 Å². The molecule has 0 aromatic heterocycles. The van der Waals surface area contributed by atoms with Crippen LogP contribution >= 0.6 is 11.6 Å². The van der Waals surface area contributed by atoms with E-state index in [2.05, 4.69) is 5.32 Å². The maximum Gasteiger partial charge on any atom is 0.259 e. The molecule has 1 aliphatic heterocycles. The molecule has 0 bridgehead atoms. The van der Waals surface area contributed by atoms with Crippen molar-refractivity contribution in [2.45, 2.75) is 24.2 Å². The number of hydrogen-bond donors (Lipinski definition) is 1. The minimum Gasteiger partial charge on any atom is -0.496 e. The monoisotopic (exact) mass is 512 g/mol. The highest BCUT2D eigenvalue weighted by Gasteiger charge is 2.28. The molecule has 35 heavy (non-hydrogen) atoms. The number of hydrogen-bond acceptors (Lipinski definition) is 5. The Balaban J connectivity index is 1.68. The van der Waals surface area contributed by atoms with Gasteiger partial charge in [-0.15, -0.1) is 0 Å². The van der Waals surface area contributed by atoms with Gasteiger partial charge in [0, 0.05) is 29.2 Å². The Morgan fingerprint density at radius 3 is 2.31 bits per heavy atom. The fourth-order valence-corrected chi connectivity index (χ4v) is 5.74. The lowest BCUT2D eigenvalue weighted by Crippen LogP contribution is -2.35. The average Bonchev–Trinajstić information content (AvgIpc) is 2.89. The van der Waals surface area contributed by atoms with Gasteiger partial charge in [0.25, 0.3) is 5.91 Å². The van der Waals surface area contributed by atoms with Crippen LogP contribution in [0.4, 0.5) is 5.69 Å². The normalized spacial score (nSPS) is 14.3. The summed E-state index contributed by atoms with van der Waals surface area (Å²) in [5, 5.41) is 3.07. The number of carbonyl (C=O) groups is 2. The SMILES string of the molecule is COc1ccc(S(=O)(=O)N2CCCCC2)cc1C(=O)Nc1ccc(Cl)cc1C(=O)c1ccccc1. The van der Waals surface area contributed by atoms with E-state index in [9.17, 15) is 18.0 Å². The number of nitrogens with one attached hydrogen (secondary N) is 1. The van der Waals surface area contributed by atoms with Crippen molar-refractivity contribution in [2.75, 3.05) is 25.5 Å². The van der Waals surface area contributed by atoms with Gasteiger partial charge in [-0.1, -0.05) is 48.4 Å². The molecule has 1 fully saturated rings. The van der Waals surface area contributed by atoms with Gasteiger partial charge in [0.05, 0.1) is 23.3 Å². The van der Waals surface area contributed by atoms with E-state index in [0.717, 1.165) is 19.3 Å². The Labute approximate surface area is 209 Å². The number of amides is 1. The van der Waals surface area contributed by atoms with E-state index in [1.54, 1.807) is 36.4 Å². The molecule has 3 aromatic rings. The van der Waals surface area contributed by atoms with Crippen LogP contribution in [0, 0.1) is 0 Å². The van der Waals surface area contributed by atoms with E-state index in [-0.39, 0.29) is 33.2 Å². The second-order valence-corrected chi connectivity index (χ2v) is 10.5. The second-order valence-electron chi connectivity index (χ2n) is 8.17. The molecule has 1 aliphatic rings. The van der Waals surface area contributed by atoms with Gasteiger partial charge in [-0.05, 0) is 49.2 Å². The zero-order valence-electron chi connectivity index (χ0n) is 19.2. The first kappa shape index (κ1) is 24.9. The molecule has 7 nitrogen and oxygen atoms in total. The number of ether oxygens (including phenoxy) is 1. The van der Waals surface area contributed by atoms with Crippen LogP contribution in [0.1, 0.15) is 45.5 Å². The summed E-state index contributed by atoms with van der Waals surface area (Å²) in [6.45, 7) is 0.900. The largest absolute Gasteiger partial charge is 0.496 e. The lowest BCUT2D eigenvalue weighted by Gasteiger charge is -2.26. The fraction of sp³-hybridized carbons (Fsp3) is 0.231. The van der Waals surface area contributed by atoms with Crippen LogP contribution < -0.4 is 10.1 Å². The van der Waals surface area contributed by atoms with Crippen molar-refractivity contribution in [1.29, 1.82) is 0 Å². The summed E-state index contributed by atoms with van der Waals surface area (Å²) < 4.78 is 33.1. The van der Waals surface area contributed by atoms with Gasteiger partial charge in [-0.25, -0.2) is 8.42 Å². The zero-order valence-corrected chi connectivity index (χ0v) is 20.7. The lowest BCUT2D eigenvalue weighted by molar-refractivity contribution is 0.102. The third-order valence-electron chi connectivity index (χ3n) is 5.88. The molecule has 1 amide bonds. The summed E-state index contributed by atoms with van der Waals surface area (Å²) in [4.78, 5) is 26.4. The lowest BCUT2D eigenvalue weighted by atomic mass is 10.0. The first-order valence-corrected chi connectivity index (χ1v) is 13.0. The quantitative estimate of drug-likeness (QED) is 0.449. The van der Waals surface area contributed by atoms with Crippen LogP contribution in [-0.4, -0.2) is 44.6 Å². The number of halogens is 1. The molecule has 9 heteroatoms. The highest BCUT2D eigenvalue weighted by atomic mass is 35.5. The average molecular weight is 513 g/mol. The van der Waals surface area contributed by atoms with Crippen LogP contribution in [0.5, 0.6) is 5.75 Å². The van der Waals surface area contributed by atoms with E-state index in [0.29, 0.717) is 23.7 Å². The number of sulfonamides is 1. The highest BCUT2D eigenvalue weighted by Crippen LogP contribution is 2.29. The molecule has 0 spiro atoms. The molecule has 0 unspecified atom stereocenters. The minimum absolute atomic E-state index is 0.0158. The second kappa shape index (κ2) is 10.6. The fourth-order valence-electron chi connectivity index (χ4n) is 4.03. The number of nitrogens with zero attached hydrogens (tertiary/aromatic N) is 1. The van der Waals surface area contributed by atoms with Crippen molar-refractivity contribution < 1.29 is 22.7 Å². The summed E-state index contributed by atoms with van der Waals surface area (Å²) in [6.07, 6.45) is 2.60. The summed E-state index contributed by atoms with van der Waals surface area (Å²) in [5.41, 5.74) is 0.948. The van der Waals surface area contributed by atoms with Crippen LogP contribution in [0.15, 0.2) is 71.6 Å². The van der Waals surface area contributed by atoms with Crippen molar-refractivity contribution >= 4 is 39.0 Å². The summed E-state index contributed by atoms with van der Waals surface area (Å²) >= 11 is 6.14. The van der Waals surface area contributed by atoms with Crippen molar-refractivity contribution in [3.63, 3.8) is 0 Å². The molecule has 1 N–H and O–H groups in total. The third kappa shape index (κ3) is 5.40. The smallest absolute Gasteiger partial charge is 0.259 e. The van der Waals surface area contributed by atoms with Crippen molar-refractivity contribution in [3.05, 3.63) is 88.4 Å². The first-order chi connectivity index (χ1) is 16.8. The third-order valence-corrected chi connectivity index (χ3v) is 8.01. The molecule has 0 atom stereocenters. The van der Waals surface area contributed by atoms with E-state index in [1.165, 1.54) is 41.7 Å². The Bertz CT molecular complexity index is 1350. The predicted molar refractivity (Wildman–Crippen MR) is 135 cm³/mol. The van der Waals surface area contributed by atoms with Crippen molar-refractivity contribution in [1.82, 2.24) is 4.31 Å². The molecule has 1 heterocycles. The standard InChI is InChI=1S/C26H25ClN2O5S/c1-34-24-13-11-20(35(32,33)29-14-6-3-7-15-29)17-22(24)26(31)28-23-12-10-19(27)16-21(23)25(30)18-8-4-2-5-9-18/h2,4-5,8-13,16-17H,3,6-7,14-15H2,1H3,(H,28,31). The van der Waals surface area contributed by atoms with E-state index in [1.807, 2.05) is 0 Å². The molecule has 0 aliphatic carbocycles. The topological polar surface area (TPSA) is 92.8 Å². The van der Waals surface area contributed by atoms with Gasteiger partial charge in [0.2, 0.25) is 10.0 Å². The van der Waals surface area contributed by atoms with Gasteiger partial charge in [0.15, 0.2) is 5.78 Å². The molecule has 0 saturated carbocycles. The van der Waals surface area contributed by atoms with Crippen LogP contribution in [0.3, 0.4) is 0 Å². The maximum atomic E-state index is 13.3. The van der Waals surface area contributed by atoms with Gasteiger partial charge >= 0.3 is 0 Å². The Hall–Kier alpha value is -3.20. The van der Waals surface area contributed by atoms with Crippen LogP contribution in [0.2, 0.25) is 5.02 Å². The van der Waals surface area contributed by atoms with E-state index < -0.39 is 15.9 Å². The minimum atomic E-state index is -3.75. The number of piperidine rings is 1. The van der Waals surface area contributed by atoms with Crippen molar-refractivity contribution in [3.8, 4) is 5.75 Å². The zero-order chi connectivity index (χ0) is 25.0. The van der Waals surface area contributed by atoms with Crippen molar-refractivity contribution in [2.24, 2.45) is 0 Å².